The zero-order chi connectivity index (χ0) is 41.9. The van der Waals surface area contributed by atoms with Gasteiger partial charge in [-0.2, -0.15) is 0 Å². The summed E-state index contributed by atoms with van der Waals surface area (Å²) in [7, 11) is -8.25. The Morgan fingerprint density at radius 1 is 0.633 bits per heavy atom. The number of carbonyl (C=O) groups excluding carboxylic acids is 2. The lowest BCUT2D eigenvalue weighted by molar-refractivity contribution is -0.139. The molecule has 6 aliphatic heterocycles. The summed E-state index contributed by atoms with van der Waals surface area (Å²) in [6.07, 6.45) is 7.21. The fourth-order valence-corrected chi connectivity index (χ4v) is 9.89. The molecule has 6 fully saturated rings. The summed E-state index contributed by atoms with van der Waals surface area (Å²) in [5.74, 6) is -0.613. The maximum Gasteiger partial charge on any atom is 0.357 e. The van der Waals surface area contributed by atoms with Crippen molar-refractivity contribution in [2.24, 2.45) is 11.8 Å². The third kappa shape index (κ3) is 10.3. The van der Waals surface area contributed by atoms with Crippen LogP contribution in [0.3, 0.4) is 0 Å². The van der Waals surface area contributed by atoms with Crippen molar-refractivity contribution in [3.63, 3.8) is 0 Å². The van der Waals surface area contributed by atoms with Gasteiger partial charge in [-0.15, -0.1) is 0 Å². The van der Waals surface area contributed by atoms with Crippen molar-refractivity contribution >= 4 is 43.4 Å². The van der Waals surface area contributed by atoms with Crippen molar-refractivity contribution in [1.82, 2.24) is 9.80 Å². The maximum atomic E-state index is 12.7. The summed E-state index contributed by atoms with van der Waals surface area (Å²) >= 11 is 0. The van der Waals surface area contributed by atoms with Gasteiger partial charge >= 0.3 is 11.9 Å². The molecule has 14 nitrogen and oxygen atoms in total. The van der Waals surface area contributed by atoms with Crippen LogP contribution in [0.2, 0.25) is 0 Å². The average molecular weight is 857 g/mol. The van der Waals surface area contributed by atoms with Gasteiger partial charge in [0.15, 0.2) is 0 Å². The molecule has 0 aliphatic carbocycles. The molecule has 6 aliphatic rings. The zero-order valence-electron chi connectivity index (χ0n) is 33.2. The highest BCUT2D eigenvalue weighted by atomic mass is 32.2. The molecule has 0 saturated carbocycles. The highest BCUT2D eigenvalue weighted by Crippen LogP contribution is 2.34. The molecule has 6 heterocycles. The van der Waals surface area contributed by atoms with Crippen LogP contribution >= 0.6 is 0 Å². The first-order valence-electron chi connectivity index (χ1n) is 20.1. The second kappa shape index (κ2) is 17.7. The number of anilines is 2. The number of nitrogens with zero attached hydrogens (tertiary/aromatic N) is 3. The Bertz CT molecular complexity index is 2390. The van der Waals surface area contributed by atoms with Gasteiger partial charge in [0.05, 0.1) is 11.9 Å². The van der Waals surface area contributed by atoms with E-state index in [-0.39, 0.29) is 23.6 Å². The smallest absolute Gasteiger partial charge is 0.357 e. The molecular formula is C44H48N4O10S2. The van der Waals surface area contributed by atoms with E-state index in [1.165, 1.54) is 25.0 Å². The van der Waals surface area contributed by atoms with Gasteiger partial charge in [0.1, 0.15) is 23.7 Å². The summed E-state index contributed by atoms with van der Waals surface area (Å²) < 4.78 is 70.8. The quantitative estimate of drug-likeness (QED) is 0.0886. The minimum Gasteiger partial charge on any atom is -0.489 e. The third-order valence-electron chi connectivity index (χ3n) is 11.6. The molecule has 10 rings (SSSR count). The van der Waals surface area contributed by atoms with Gasteiger partial charge in [0, 0.05) is 30.9 Å². The molecule has 4 bridgehead atoms. The number of carbonyl (C=O) groups is 2. The first-order valence-corrected chi connectivity index (χ1v) is 23.6. The van der Waals surface area contributed by atoms with E-state index in [1.807, 2.05) is 48.5 Å². The molecular weight excluding hydrogens is 809 g/mol. The summed E-state index contributed by atoms with van der Waals surface area (Å²) in [5.41, 5.74) is 3.78. The molecule has 6 saturated heterocycles. The van der Waals surface area contributed by atoms with Crippen LogP contribution in [0.1, 0.15) is 25.7 Å². The van der Waals surface area contributed by atoms with Gasteiger partial charge in [-0.3, -0.25) is 14.5 Å². The number of piperidine rings is 6. The van der Waals surface area contributed by atoms with Crippen LogP contribution in [0, 0.1) is 11.8 Å². The van der Waals surface area contributed by atoms with Crippen LogP contribution in [-0.2, 0) is 39.2 Å². The second-order valence-electron chi connectivity index (χ2n) is 15.8. The van der Waals surface area contributed by atoms with E-state index < -0.39 is 37.9 Å². The van der Waals surface area contributed by atoms with Crippen molar-refractivity contribution < 1.29 is 45.5 Å². The average Bonchev–Trinajstić information content (AvgIpc) is 3.25. The standard InChI is InChI=1S/C44H48N4O10S2/c1-59(51,52)48(38-12-4-32(5-13-38)34-8-16-40(17-9-34)57-42-29-47-26-22-36(42)23-27-47)58-44(50)19-18-43(49)55-30-60(53,54)45-37-10-2-31(3-11-37)33-6-14-39(15-7-33)56-41-28-46-24-20-35(41)21-25-46/h2-19,35-36,41-42,45H,20-30H2,1H3/b19-18+. The molecule has 16 heteroatoms. The van der Waals surface area contributed by atoms with E-state index >= 15 is 0 Å². The molecule has 1 N–H and O–H groups in total. The molecule has 0 radical (unpaired) electrons. The van der Waals surface area contributed by atoms with Gasteiger partial charge in [-0.1, -0.05) is 53.0 Å². The first-order chi connectivity index (χ1) is 28.8. The minimum absolute atomic E-state index is 0.0421. The van der Waals surface area contributed by atoms with Crippen molar-refractivity contribution in [3.8, 4) is 33.8 Å². The number of hydrogen-bond acceptors (Lipinski definition) is 12. The van der Waals surface area contributed by atoms with E-state index in [0.29, 0.717) is 28.5 Å². The molecule has 2 unspecified atom stereocenters. The Balaban J connectivity index is 0.794. The largest absolute Gasteiger partial charge is 0.489 e. The number of esters is 1. The third-order valence-corrected chi connectivity index (χ3v) is 13.4. The number of nitrogens with one attached hydrogen (secondary N) is 1. The lowest BCUT2D eigenvalue weighted by Crippen LogP contribution is -2.52. The van der Waals surface area contributed by atoms with Crippen LogP contribution in [0.5, 0.6) is 11.5 Å². The summed E-state index contributed by atoms with van der Waals surface area (Å²) in [5, 5.41) is 0. The Hall–Kier alpha value is -5.42. The fraction of sp³-hybridized carbons (Fsp3) is 0.364. The van der Waals surface area contributed by atoms with E-state index in [4.69, 9.17) is 19.0 Å². The van der Waals surface area contributed by atoms with Crippen LogP contribution in [0.15, 0.2) is 109 Å². The first kappa shape index (κ1) is 41.3. The van der Waals surface area contributed by atoms with Gasteiger partial charge < -0.3 is 19.0 Å². The minimum atomic E-state index is -4.14. The number of ether oxygens (including phenoxy) is 3. The zero-order valence-corrected chi connectivity index (χ0v) is 34.9. The molecule has 4 aromatic rings. The topological polar surface area (TPSA) is 161 Å². The van der Waals surface area contributed by atoms with Crippen LogP contribution in [0.4, 0.5) is 11.4 Å². The maximum absolute atomic E-state index is 12.7. The lowest BCUT2D eigenvalue weighted by atomic mass is 9.86. The molecule has 0 amide bonds. The van der Waals surface area contributed by atoms with Crippen LogP contribution < -0.4 is 18.7 Å². The molecule has 0 spiro atoms. The molecule has 60 heavy (non-hydrogen) atoms. The van der Waals surface area contributed by atoms with Gasteiger partial charge in [0.2, 0.25) is 5.94 Å². The molecule has 4 aromatic carbocycles. The number of sulfonamides is 2. The highest BCUT2D eigenvalue weighted by Gasteiger charge is 2.36. The van der Waals surface area contributed by atoms with E-state index in [1.54, 1.807) is 36.4 Å². The van der Waals surface area contributed by atoms with E-state index in [0.717, 1.165) is 92.1 Å². The number of fused-ring (bicyclic) bond motifs is 6. The van der Waals surface area contributed by atoms with Gasteiger partial charge in [-0.05, 0) is 134 Å². The van der Waals surface area contributed by atoms with Crippen molar-refractivity contribution in [1.29, 1.82) is 0 Å². The highest BCUT2D eigenvalue weighted by molar-refractivity contribution is 7.92. The lowest BCUT2D eigenvalue weighted by Gasteiger charge is -2.44. The van der Waals surface area contributed by atoms with Gasteiger partial charge in [-0.25, -0.2) is 26.4 Å². The van der Waals surface area contributed by atoms with E-state index in [9.17, 15) is 26.4 Å². The normalized spacial score (nSPS) is 23.5. The molecule has 0 aromatic heterocycles. The Kier molecular flexibility index (Phi) is 12.2. The Labute approximate surface area is 350 Å². The number of hydrogen-bond donors (Lipinski definition) is 1. The predicted molar refractivity (Wildman–Crippen MR) is 227 cm³/mol. The van der Waals surface area contributed by atoms with Crippen molar-refractivity contribution in [2.75, 3.05) is 60.7 Å². The van der Waals surface area contributed by atoms with Crippen LogP contribution in [-0.4, -0.2) is 102 Å². The molecule has 2 atom stereocenters. The Morgan fingerprint density at radius 3 is 1.47 bits per heavy atom. The van der Waals surface area contributed by atoms with Crippen molar-refractivity contribution in [2.45, 2.75) is 37.9 Å². The monoisotopic (exact) mass is 856 g/mol. The SMILES string of the molecule is CS(=O)(=O)N(OC(=O)/C=C/C(=O)OCS(=O)(=O)Nc1ccc(-c2ccc(OC3CN4CCC3CC4)cc2)cc1)c1ccc(-c2ccc(OC3CN4CCC3CC4)cc2)cc1. The summed E-state index contributed by atoms with van der Waals surface area (Å²) in [6.45, 7) is 6.48. The summed E-state index contributed by atoms with van der Waals surface area (Å²) in [4.78, 5) is 34.9. The molecule has 316 valence electrons. The van der Waals surface area contributed by atoms with E-state index in [2.05, 4.69) is 14.5 Å². The number of benzene rings is 4. The van der Waals surface area contributed by atoms with Crippen LogP contribution in [0.25, 0.3) is 22.3 Å². The predicted octanol–water partition coefficient (Wildman–Crippen LogP) is 5.69. The second-order valence-corrected chi connectivity index (χ2v) is 19.3. The Morgan fingerprint density at radius 2 is 1.05 bits per heavy atom. The summed E-state index contributed by atoms with van der Waals surface area (Å²) in [6, 6.07) is 28.6. The number of rotatable bonds is 15. The van der Waals surface area contributed by atoms with Gasteiger partial charge in [0.25, 0.3) is 20.0 Å². The fourth-order valence-electron chi connectivity index (χ4n) is 8.35. The van der Waals surface area contributed by atoms with Crippen molar-refractivity contribution in [3.05, 3.63) is 109 Å².